The van der Waals surface area contributed by atoms with E-state index in [2.05, 4.69) is 0 Å². The Morgan fingerprint density at radius 3 is 1.41 bits per heavy atom. The lowest BCUT2D eigenvalue weighted by Gasteiger charge is -2.29. The van der Waals surface area contributed by atoms with E-state index in [9.17, 15) is 4.79 Å². The minimum atomic E-state index is -1.19. The summed E-state index contributed by atoms with van der Waals surface area (Å²) in [6, 6.07) is 28.2. The van der Waals surface area contributed by atoms with Gasteiger partial charge in [0, 0.05) is 5.56 Å². The van der Waals surface area contributed by atoms with Gasteiger partial charge in [-0.1, -0.05) is 91.0 Å². The molecule has 0 saturated carbocycles. The van der Waals surface area contributed by atoms with Gasteiger partial charge in [0.2, 0.25) is 0 Å². The van der Waals surface area contributed by atoms with E-state index < -0.39 is 5.54 Å². The summed E-state index contributed by atoms with van der Waals surface area (Å²) in [7, 11) is 0. The zero-order valence-electron chi connectivity index (χ0n) is 12.1. The number of benzene rings is 3. The van der Waals surface area contributed by atoms with E-state index in [4.69, 9.17) is 5.73 Å². The van der Waals surface area contributed by atoms with E-state index in [1.165, 1.54) is 0 Å². The van der Waals surface area contributed by atoms with Crippen LogP contribution in [0.15, 0.2) is 91.0 Å². The van der Waals surface area contributed by atoms with Crippen LogP contribution in [-0.4, -0.2) is 5.78 Å². The molecule has 0 atom stereocenters. The number of carbonyl (C=O) groups excluding carboxylic acids is 1. The summed E-state index contributed by atoms with van der Waals surface area (Å²) in [4.78, 5) is 13.1. The first-order valence-corrected chi connectivity index (χ1v) is 7.22. The van der Waals surface area contributed by atoms with Crippen LogP contribution in [0.25, 0.3) is 0 Å². The van der Waals surface area contributed by atoms with Crippen molar-refractivity contribution < 1.29 is 4.79 Å². The molecule has 3 aromatic carbocycles. The quantitative estimate of drug-likeness (QED) is 0.742. The average Bonchev–Trinajstić information content (AvgIpc) is 2.62. The van der Waals surface area contributed by atoms with Gasteiger partial charge in [-0.15, -0.1) is 0 Å². The molecule has 3 aromatic rings. The van der Waals surface area contributed by atoms with Crippen LogP contribution in [0.1, 0.15) is 21.5 Å². The topological polar surface area (TPSA) is 43.1 Å². The lowest BCUT2D eigenvalue weighted by atomic mass is 9.78. The fraction of sp³-hybridized carbons (Fsp3) is 0.0500. The molecule has 0 spiro atoms. The van der Waals surface area contributed by atoms with Gasteiger partial charge in [0.1, 0.15) is 5.54 Å². The highest BCUT2D eigenvalue weighted by atomic mass is 16.1. The van der Waals surface area contributed by atoms with Gasteiger partial charge in [0.15, 0.2) is 5.78 Å². The zero-order valence-corrected chi connectivity index (χ0v) is 12.1. The van der Waals surface area contributed by atoms with E-state index >= 15 is 0 Å². The molecular formula is C20H17NO. The van der Waals surface area contributed by atoms with E-state index in [0.717, 1.165) is 11.1 Å². The van der Waals surface area contributed by atoms with Gasteiger partial charge in [-0.05, 0) is 11.1 Å². The molecule has 108 valence electrons. The van der Waals surface area contributed by atoms with Gasteiger partial charge in [0.25, 0.3) is 0 Å². The summed E-state index contributed by atoms with van der Waals surface area (Å²) >= 11 is 0. The maximum absolute atomic E-state index is 13.1. The Hall–Kier alpha value is -2.71. The fourth-order valence-electron chi connectivity index (χ4n) is 2.65. The smallest absolute Gasteiger partial charge is 0.191 e. The fourth-order valence-corrected chi connectivity index (χ4v) is 2.65. The molecule has 2 heteroatoms. The molecule has 0 aliphatic heterocycles. The largest absolute Gasteiger partial charge is 0.311 e. The number of carbonyl (C=O) groups is 1. The van der Waals surface area contributed by atoms with Gasteiger partial charge in [-0.2, -0.15) is 0 Å². The van der Waals surface area contributed by atoms with Crippen molar-refractivity contribution in [2.24, 2.45) is 5.73 Å². The summed E-state index contributed by atoms with van der Waals surface area (Å²) in [5.41, 5.74) is 7.66. The van der Waals surface area contributed by atoms with Crippen LogP contribution in [0.4, 0.5) is 0 Å². The van der Waals surface area contributed by atoms with Crippen molar-refractivity contribution >= 4 is 5.78 Å². The number of Topliss-reactive ketones (excluding diaryl/α,β-unsaturated/α-hetero) is 1. The number of rotatable bonds is 4. The number of ketones is 1. The second kappa shape index (κ2) is 5.96. The number of hydrogen-bond acceptors (Lipinski definition) is 2. The summed E-state index contributed by atoms with van der Waals surface area (Å²) in [6.45, 7) is 0. The third-order valence-electron chi connectivity index (χ3n) is 3.85. The molecule has 0 aliphatic rings. The van der Waals surface area contributed by atoms with Crippen LogP contribution < -0.4 is 5.73 Å². The molecule has 0 amide bonds. The molecule has 22 heavy (non-hydrogen) atoms. The maximum Gasteiger partial charge on any atom is 0.191 e. The van der Waals surface area contributed by atoms with Gasteiger partial charge >= 0.3 is 0 Å². The van der Waals surface area contributed by atoms with Gasteiger partial charge in [0.05, 0.1) is 0 Å². The van der Waals surface area contributed by atoms with Gasteiger partial charge in [-0.3, -0.25) is 4.79 Å². The van der Waals surface area contributed by atoms with Crippen LogP contribution >= 0.6 is 0 Å². The SMILES string of the molecule is NC(C(=O)c1ccccc1)(c1ccccc1)c1ccccc1. The molecule has 0 aromatic heterocycles. The van der Waals surface area contributed by atoms with Crippen molar-refractivity contribution in [2.45, 2.75) is 5.54 Å². The molecule has 0 unspecified atom stereocenters. The average molecular weight is 287 g/mol. The second-order valence-corrected chi connectivity index (χ2v) is 5.24. The van der Waals surface area contributed by atoms with Crippen molar-refractivity contribution in [3.63, 3.8) is 0 Å². The predicted molar refractivity (Wildman–Crippen MR) is 88.6 cm³/mol. The normalized spacial score (nSPS) is 11.1. The van der Waals surface area contributed by atoms with E-state index in [1.54, 1.807) is 12.1 Å². The van der Waals surface area contributed by atoms with Crippen molar-refractivity contribution in [2.75, 3.05) is 0 Å². The number of hydrogen-bond donors (Lipinski definition) is 1. The number of nitrogens with two attached hydrogens (primary N) is 1. The first-order chi connectivity index (χ1) is 10.7. The Kier molecular flexibility index (Phi) is 3.86. The van der Waals surface area contributed by atoms with Crippen molar-refractivity contribution in [1.29, 1.82) is 0 Å². The lowest BCUT2D eigenvalue weighted by molar-refractivity contribution is 0.0915. The Balaban J connectivity index is 2.18. The Bertz CT molecular complexity index is 712. The Labute approximate surface area is 130 Å². The highest BCUT2D eigenvalue weighted by Crippen LogP contribution is 2.30. The van der Waals surface area contributed by atoms with Crippen molar-refractivity contribution in [3.8, 4) is 0 Å². The molecule has 0 fully saturated rings. The van der Waals surface area contributed by atoms with Crippen molar-refractivity contribution in [1.82, 2.24) is 0 Å². The molecule has 0 aliphatic carbocycles. The third kappa shape index (κ3) is 2.45. The maximum atomic E-state index is 13.1. The van der Waals surface area contributed by atoms with E-state index in [0.29, 0.717) is 5.56 Å². The Morgan fingerprint density at radius 2 is 1.00 bits per heavy atom. The minimum absolute atomic E-state index is 0.106. The Morgan fingerprint density at radius 1 is 0.636 bits per heavy atom. The summed E-state index contributed by atoms with van der Waals surface area (Å²) in [5.74, 6) is -0.106. The van der Waals surface area contributed by atoms with Crippen LogP contribution in [0.2, 0.25) is 0 Å². The van der Waals surface area contributed by atoms with Crippen LogP contribution in [-0.2, 0) is 5.54 Å². The predicted octanol–water partition coefficient (Wildman–Crippen LogP) is 3.77. The van der Waals surface area contributed by atoms with E-state index in [-0.39, 0.29) is 5.78 Å². The molecule has 0 bridgehead atoms. The first kappa shape index (κ1) is 14.2. The van der Waals surface area contributed by atoms with Gasteiger partial charge < -0.3 is 5.73 Å². The van der Waals surface area contributed by atoms with Crippen LogP contribution in [0.5, 0.6) is 0 Å². The lowest BCUT2D eigenvalue weighted by Crippen LogP contribution is -2.46. The molecule has 0 saturated heterocycles. The van der Waals surface area contributed by atoms with Crippen molar-refractivity contribution in [3.05, 3.63) is 108 Å². The molecule has 0 heterocycles. The molecule has 0 radical (unpaired) electrons. The summed E-state index contributed by atoms with van der Waals surface area (Å²) in [5, 5.41) is 0. The highest BCUT2D eigenvalue weighted by molar-refractivity contribution is 6.06. The monoisotopic (exact) mass is 287 g/mol. The molecular weight excluding hydrogens is 270 g/mol. The third-order valence-corrected chi connectivity index (χ3v) is 3.85. The van der Waals surface area contributed by atoms with Crippen LogP contribution in [0.3, 0.4) is 0 Å². The van der Waals surface area contributed by atoms with E-state index in [1.807, 2.05) is 78.9 Å². The highest BCUT2D eigenvalue weighted by Gasteiger charge is 2.38. The first-order valence-electron chi connectivity index (χ1n) is 7.22. The molecule has 2 nitrogen and oxygen atoms in total. The summed E-state index contributed by atoms with van der Waals surface area (Å²) < 4.78 is 0. The van der Waals surface area contributed by atoms with Gasteiger partial charge in [-0.25, -0.2) is 0 Å². The standard InChI is InChI=1S/C20H17NO/c21-20(17-12-6-2-7-13-17,18-14-8-3-9-15-18)19(22)16-10-4-1-5-11-16/h1-15H,21H2. The molecule has 3 rings (SSSR count). The molecule has 2 N–H and O–H groups in total. The second-order valence-electron chi connectivity index (χ2n) is 5.24. The minimum Gasteiger partial charge on any atom is -0.311 e. The zero-order chi connectivity index (χ0) is 15.4. The summed E-state index contributed by atoms with van der Waals surface area (Å²) in [6.07, 6.45) is 0. The van der Waals surface area contributed by atoms with Crippen LogP contribution in [0, 0.1) is 0 Å².